The Balaban J connectivity index is 2.08. The van der Waals surface area contributed by atoms with Gasteiger partial charge in [-0.3, -0.25) is 4.79 Å². The van der Waals surface area contributed by atoms with Crippen LogP contribution in [-0.2, 0) is 4.74 Å². The molecule has 0 aliphatic rings. The predicted octanol–water partition coefficient (Wildman–Crippen LogP) is 2.81. The second-order valence-corrected chi connectivity index (χ2v) is 4.86. The monoisotopic (exact) mass is 306 g/mol. The van der Waals surface area contributed by atoms with Crippen molar-refractivity contribution in [3.8, 4) is 11.5 Å². The maximum Gasteiger partial charge on any atom is 0.339 e. The van der Waals surface area contributed by atoms with Gasteiger partial charge in [-0.1, -0.05) is 0 Å². The Labute approximate surface area is 126 Å². The van der Waals surface area contributed by atoms with E-state index in [2.05, 4.69) is 0 Å². The van der Waals surface area contributed by atoms with E-state index in [0.29, 0.717) is 22.6 Å². The molecule has 5 nitrogen and oxygen atoms in total. The molecule has 2 aromatic rings. The fourth-order valence-electron chi connectivity index (χ4n) is 1.70. The molecule has 0 fully saturated rings. The van der Waals surface area contributed by atoms with Crippen LogP contribution >= 0.6 is 11.3 Å². The maximum atomic E-state index is 12.2. The zero-order valence-electron chi connectivity index (χ0n) is 11.6. The minimum atomic E-state index is -0.522. The Morgan fingerprint density at radius 1 is 1.14 bits per heavy atom. The summed E-state index contributed by atoms with van der Waals surface area (Å²) in [5.74, 6) is 0.0662. The Morgan fingerprint density at radius 3 is 2.57 bits per heavy atom. The first-order valence-electron chi connectivity index (χ1n) is 6.10. The summed E-state index contributed by atoms with van der Waals surface area (Å²) in [6.45, 7) is -0.349. The Kier molecular flexibility index (Phi) is 4.94. The summed E-state index contributed by atoms with van der Waals surface area (Å²) in [6.07, 6.45) is 0. The standard InChI is InChI=1S/C15H14O5S/c1-18-11-3-4-14(19-2)12(7-11)13(16)8-20-15(17)10-5-6-21-9-10/h3-7,9H,8H2,1-2H3. The van der Waals surface area contributed by atoms with Gasteiger partial charge in [-0.05, 0) is 29.6 Å². The number of ketones is 1. The van der Waals surface area contributed by atoms with Crippen molar-refractivity contribution in [2.45, 2.75) is 0 Å². The number of esters is 1. The van der Waals surface area contributed by atoms with Crippen molar-refractivity contribution < 1.29 is 23.8 Å². The fraction of sp³-hybridized carbons (Fsp3) is 0.200. The molecule has 21 heavy (non-hydrogen) atoms. The lowest BCUT2D eigenvalue weighted by Crippen LogP contribution is -2.14. The van der Waals surface area contributed by atoms with Gasteiger partial charge in [0.15, 0.2) is 6.61 Å². The quantitative estimate of drug-likeness (QED) is 0.606. The maximum absolute atomic E-state index is 12.2. The van der Waals surface area contributed by atoms with E-state index >= 15 is 0 Å². The third kappa shape index (κ3) is 3.61. The summed E-state index contributed by atoms with van der Waals surface area (Å²) < 4.78 is 15.2. The molecule has 0 unspecified atom stereocenters. The van der Waals surface area contributed by atoms with E-state index in [1.165, 1.54) is 25.6 Å². The van der Waals surface area contributed by atoms with Crippen molar-refractivity contribution in [2.24, 2.45) is 0 Å². The molecule has 0 radical (unpaired) electrons. The van der Waals surface area contributed by atoms with E-state index in [1.807, 2.05) is 0 Å². The number of carbonyl (C=O) groups excluding carboxylic acids is 2. The lowest BCUT2D eigenvalue weighted by molar-refractivity contribution is 0.0474. The van der Waals surface area contributed by atoms with Crippen molar-refractivity contribution >= 4 is 23.1 Å². The first-order chi connectivity index (χ1) is 10.2. The van der Waals surface area contributed by atoms with Crippen LogP contribution < -0.4 is 9.47 Å². The van der Waals surface area contributed by atoms with Gasteiger partial charge in [0.25, 0.3) is 0 Å². The zero-order valence-corrected chi connectivity index (χ0v) is 12.4. The molecule has 0 saturated heterocycles. The average Bonchev–Trinajstić information content (AvgIpc) is 3.06. The minimum absolute atomic E-state index is 0.315. The number of methoxy groups -OCH3 is 2. The van der Waals surface area contributed by atoms with Crippen molar-refractivity contribution in [3.63, 3.8) is 0 Å². The summed E-state index contributed by atoms with van der Waals surface area (Å²) in [6, 6.07) is 6.52. The molecule has 0 spiro atoms. The number of Topliss-reactive ketones (excluding diaryl/α,β-unsaturated/α-hetero) is 1. The van der Waals surface area contributed by atoms with Gasteiger partial charge in [0.1, 0.15) is 11.5 Å². The van der Waals surface area contributed by atoms with Gasteiger partial charge < -0.3 is 14.2 Å². The highest BCUT2D eigenvalue weighted by Gasteiger charge is 2.16. The normalized spacial score (nSPS) is 10.0. The Morgan fingerprint density at radius 2 is 1.95 bits per heavy atom. The molecule has 0 saturated carbocycles. The van der Waals surface area contributed by atoms with E-state index in [1.54, 1.807) is 35.0 Å². The highest BCUT2D eigenvalue weighted by molar-refractivity contribution is 7.08. The summed E-state index contributed by atoms with van der Waals surface area (Å²) in [4.78, 5) is 23.9. The molecule has 0 amide bonds. The molecule has 0 aliphatic carbocycles. The average molecular weight is 306 g/mol. The number of thiophene rings is 1. The van der Waals surface area contributed by atoms with Crippen LogP contribution in [0.3, 0.4) is 0 Å². The second kappa shape index (κ2) is 6.90. The topological polar surface area (TPSA) is 61.8 Å². The molecule has 110 valence electrons. The van der Waals surface area contributed by atoms with Crippen molar-refractivity contribution in [1.29, 1.82) is 0 Å². The molecule has 6 heteroatoms. The SMILES string of the molecule is COc1ccc(OC)c(C(=O)COC(=O)c2ccsc2)c1. The van der Waals surface area contributed by atoms with Gasteiger partial charge in [0, 0.05) is 5.38 Å². The lowest BCUT2D eigenvalue weighted by atomic mass is 10.1. The van der Waals surface area contributed by atoms with Crippen LogP contribution in [0.25, 0.3) is 0 Å². The van der Waals surface area contributed by atoms with Crippen molar-refractivity contribution in [1.82, 2.24) is 0 Å². The smallest absolute Gasteiger partial charge is 0.339 e. The van der Waals surface area contributed by atoms with Crippen LogP contribution in [0, 0.1) is 0 Å². The highest BCUT2D eigenvalue weighted by Crippen LogP contribution is 2.24. The number of benzene rings is 1. The molecule has 0 bridgehead atoms. The predicted molar refractivity (Wildman–Crippen MR) is 78.5 cm³/mol. The molecule has 0 N–H and O–H groups in total. The molecule has 2 rings (SSSR count). The third-order valence-electron chi connectivity index (χ3n) is 2.80. The van der Waals surface area contributed by atoms with Gasteiger partial charge in [-0.25, -0.2) is 4.79 Å². The van der Waals surface area contributed by atoms with Gasteiger partial charge in [-0.15, -0.1) is 0 Å². The van der Waals surface area contributed by atoms with Crippen molar-refractivity contribution in [2.75, 3.05) is 20.8 Å². The van der Waals surface area contributed by atoms with Gasteiger partial charge >= 0.3 is 5.97 Å². The van der Waals surface area contributed by atoms with E-state index in [0.717, 1.165) is 0 Å². The molecular weight excluding hydrogens is 292 g/mol. The van der Waals surface area contributed by atoms with Crippen LogP contribution in [0.2, 0.25) is 0 Å². The number of hydrogen-bond donors (Lipinski definition) is 0. The summed E-state index contributed by atoms with van der Waals surface area (Å²) in [5, 5.41) is 3.43. The van der Waals surface area contributed by atoms with E-state index in [-0.39, 0.29) is 12.4 Å². The molecule has 1 heterocycles. The van der Waals surface area contributed by atoms with Crippen LogP contribution in [0.4, 0.5) is 0 Å². The number of hydrogen-bond acceptors (Lipinski definition) is 6. The number of rotatable bonds is 6. The van der Waals surface area contributed by atoms with Crippen molar-refractivity contribution in [3.05, 3.63) is 46.2 Å². The number of ether oxygens (including phenoxy) is 3. The minimum Gasteiger partial charge on any atom is -0.497 e. The van der Waals surface area contributed by atoms with Crippen LogP contribution in [0.15, 0.2) is 35.0 Å². The van der Waals surface area contributed by atoms with E-state index in [9.17, 15) is 9.59 Å². The molecular formula is C15H14O5S. The van der Waals surface area contributed by atoms with Crippen LogP contribution in [-0.4, -0.2) is 32.6 Å². The number of carbonyl (C=O) groups is 2. The third-order valence-corrected chi connectivity index (χ3v) is 3.48. The molecule has 1 aromatic carbocycles. The Hall–Kier alpha value is -2.34. The highest BCUT2D eigenvalue weighted by atomic mass is 32.1. The van der Waals surface area contributed by atoms with Crippen LogP contribution in [0.1, 0.15) is 20.7 Å². The van der Waals surface area contributed by atoms with Gasteiger partial charge in [-0.2, -0.15) is 11.3 Å². The summed E-state index contributed by atoms with van der Waals surface area (Å²) >= 11 is 1.39. The van der Waals surface area contributed by atoms with Gasteiger partial charge in [0.05, 0.1) is 25.3 Å². The summed E-state index contributed by atoms with van der Waals surface area (Å²) in [7, 11) is 2.97. The van der Waals surface area contributed by atoms with E-state index in [4.69, 9.17) is 14.2 Å². The first-order valence-corrected chi connectivity index (χ1v) is 7.04. The Bertz CT molecular complexity index is 634. The lowest BCUT2D eigenvalue weighted by Gasteiger charge is -2.09. The second-order valence-electron chi connectivity index (χ2n) is 4.08. The van der Waals surface area contributed by atoms with Gasteiger partial charge in [0.2, 0.25) is 5.78 Å². The molecule has 0 aliphatic heterocycles. The van der Waals surface area contributed by atoms with Crippen LogP contribution in [0.5, 0.6) is 11.5 Å². The van der Waals surface area contributed by atoms with E-state index < -0.39 is 5.97 Å². The fourth-order valence-corrected chi connectivity index (χ4v) is 2.33. The molecule has 0 atom stereocenters. The largest absolute Gasteiger partial charge is 0.497 e. The summed E-state index contributed by atoms with van der Waals surface area (Å²) in [5.41, 5.74) is 0.750. The molecule has 1 aromatic heterocycles. The first kappa shape index (κ1) is 15.1. The zero-order chi connectivity index (χ0) is 15.2.